The number of nitrogens with one attached hydrogen (secondary N) is 1. The monoisotopic (exact) mass is 349 g/mol. The Morgan fingerprint density at radius 1 is 1.15 bits per heavy atom. The Kier molecular flexibility index (Phi) is 4.27. The molecule has 1 N–H and O–H groups in total. The van der Waals surface area contributed by atoms with Gasteiger partial charge in [-0.15, -0.1) is 5.10 Å². The van der Waals surface area contributed by atoms with E-state index in [-0.39, 0.29) is 0 Å². The normalized spacial score (nSPS) is 11.0. The SMILES string of the molecule is CCCc1cc(Nc2ccc(OC)cc2)n2nc(-c3ccco3)nc2n1. The highest BCUT2D eigenvalue weighted by atomic mass is 16.5. The lowest BCUT2D eigenvalue weighted by Gasteiger charge is -2.10. The topological polar surface area (TPSA) is 77.5 Å². The Hall–Kier alpha value is -3.35. The van der Waals surface area contributed by atoms with Gasteiger partial charge in [-0.05, 0) is 42.8 Å². The molecule has 0 saturated carbocycles. The molecule has 0 aliphatic rings. The van der Waals surface area contributed by atoms with Crippen LogP contribution in [0.4, 0.5) is 11.5 Å². The molecule has 7 nitrogen and oxygen atoms in total. The van der Waals surface area contributed by atoms with Gasteiger partial charge >= 0.3 is 0 Å². The van der Waals surface area contributed by atoms with E-state index in [0.717, 1.165) is 35.8 Å². The molecule has 3 aromatic heterocycles. The number of hydrogen-bond donors (Lipinski definition) is 1. The average molecular weight is 349 g/mol. The van der Waals surface area contributed by atoms with E-state index in [1.807, 2.05) is 42.5 Å². The van der Waals surface area contributed by atoms with Crippen molar-refractivity contribution in [2.45, 2.75) is 19.8 Å². The molecule has 0 radical (unpaired) electrons. The van der Waals surface area contributed by atoms with E-state index < -0.39 is 0 Å². The van der Waals surface area contributed by atoms with Crippen molar-refractivity contribution < 1.29 is 9.15 Å². The van der Waals surface area contributed by atoms with Gasteiger partial charge in [-0.3, -0.25) is 0 Å². The molecule has 26 heavy (non-hydrogen) atoms. The van der Waals surface area contributed by atoms with Gasteiger partial charge in [0.1, 0.15) is 11.6 Å². The standard InChI is InChI=1S/C19H19N5O2/c1-3-5-14-12-17(20-13-7-9-15(25-2)10-8-13)24-19(21-14)22-18(23-24)16-6-4-11-26-16/h4,6-12,20H,3,5H2,1-2H3. The highest BCUT2D eigenvalue weighted by Gasteiger charge is 2.14. The third kappa shape index (κ3) is 3.11. The van der Waals surface area contributed by atoms with Crippen LogP contribution in [0.2, 0.25) is 0 Å². The van der Waals surface area contributed by atoms with Crippen LogP contribution in [0.5, 0.6) is 5.75 Å². The molecule has 132 valence electrons. The number of hydrogen-bond acceptors (Lipinski definition) is 6. The Bertz CT molecular complexity index is 1010. The lowest BCUT2D eigenvalue weighted by Crippen LogP contribution is -2.04. The fraction of sp³-hybridized carbons (Fsp3) is 0.211. The number of ether oxygens (including phenoxy) is 1. The maximum Gasteiger partial charge on any atom is 0.255 e. The van der Waals surface area contributed by atoms with Gasteiger partial charge in [0, 0.05) is 17.4 Å². The predicted molar refractivity (Wildman–Crippen MR) is 98.8 cm³/mol. The number of rotatable bonds is 6. The lowest BCUT2D eigenvalue weighted by molar-refractivity contribution is 0.415. The first-order chi connectivity index (χ1) is 12.8. The highest BCUT2D eigenvalue weighted by Crippen LogP contribution is 2.23. The van der Waals surface area contributed by atoms with Gasteiger partial charge in [-0.2, -0.15) is 9.50 Å². The maximum atomic E-state index is 5.41. The van der Waals surface area contributed by atoms with Crippen molar-refractivity contribution in [2.75, 3.05) is 12.4 Å². The van der Waals surface area contributed by atoms with E-state index in [9.17, 15) is 0 Å². The van der Waals surface area contributed by atoms with E-state index in [2.05, 4.69) is 27.3 Å². The molecule has 0 aliphatic heterocycles. The van der Waals surface area contributed by atoms with Crippen molar-refractivity contribution in [1.29, 1.82) is 0 Å². The Morgan fingerprint density at radius 3 is 2.69 bits per heavy atom. The van der Waals surface area contributed by atoms with Crippen molar-refractivity contribution in [1.82, 2.24) is 19.6 Å². The minimum absolute atomic E-state index is 0.508. The van der Waals surface area contributed by atoms with Crippen LogP contribution in [-0.4, -0.2) is 26.7 Å². The molecule has 7 heteroatoms. The minimum atomic E-state index is 0.508. The quantitative estimate of drug-likeness (QED) is 0.565. The molecule has 0 fully saturated rings. The Balaban J connectivity index is 1.77. The summed E-state index contributed by atoms with van der Waals surface area (Å²) in [6.07, 6.45) is 3.48. The van der Waals surface area contributed by atoms with Crippen LogP contribution in [0.25, 0.3) is 17.4 Å². The molecule has 0 amide bonds. The molecule has 3 heterocycles. The summed E-state index contributed by atoms with van der Waals surface area (Å²) in [7, 11) is 1.65. The van der Waals surface area contributed by atoms with Gasteiger partial charge in [-0.1, -0.05) is 13.3 Å². The van der Waals surface area contributed by atoms with E-state index in [1.165, 1.54) is 0 Å². The third-order valence-electron chi connectivity index (χ3n) is 3.98. The lowest BCUT2D eigenvalue weighted by atomic mass is 10.2. The van der Waals surface area contributed by atoms with Gasteiger partial charge in [0.2, 0.25) is 5.82 Å². The summed E-state index contributed by atoms with van der Waals surface area (Å²) in [6.45, 7) is 2.13. The zero-order valence-electron chi connectivity index (χ0n) is 14.6. The molecular weight excluding hydrogens is 330 g/mol. The third-order valence-corrected chi connectivity index (χ3v) is 3.98. The maximum absolute atomic E-state index is 5.41. The van der Waals surface area contributed by atoms with E-state index in [1.54, 1.807) is 17.9 Å². The van der Waals surface area contributed by atoms with Crippen LogP contribution in [0.1, 0.15) is 19.0 Å². The number of aryl methyl sites for hydroxylation is 1. The fourth-order valence-electron chi connectivity index (χ4n) is 2.72. The first-order valence-corrected chi connectivity index (χ1v) is 8.48. The van der Waals surface area contributed by atoms with E-state index in [4.69, 9.17) is 9.15 Å². The summed E-state index contributed by atoms with van der Waals surface area (Å²) in [5.41, 5.74) is 1.89. The van der Waals surface area contributed by atoms with Gasteiger partial charge in [0.25, 0.3) is 5.78 Å². The van der Waals surface area contributed by atoms with Gasteiger partial charge in [0.15, 0.2) is 5.76 Å². The van der Waals surface area contributed by atoms with E-state index in [0.29, 0.717) is 17.4 Å². The van der Waals surface area contributed by atoms with Gasteiger partial charge in [-0.25, -0.2) is 4.98 Å². The average Bonchev–Trinajstić information content (AvgIpc) is 3.32. The molecule has 4 aromatic rings. The number of benzene rings is 1. The Morgan fingerprint density at radius 2 is 2.00 bits per heavy atom. The zero-order valence-corrected chi connectivity index (χ0v) is 14.6. The summed E-state index contributed by atoms with van der Waals surface area (Å²) < 4.78 is 12.3. The first kappa shape index (κ1) is 16.1. The summed E-state index contributed by atoms with van der Waals surface area (Å²) in [5.74, 6) is 3.27. The number of nitrogens with zero attached hydrogens (tertiary/aromatic N) is 4. The van der Waals surface area contributed by atoms with Crippen LogP contribution in [0.15, 0.2) is 53.1 Å². The van der Waals surface area contributed by atoms with Crippen molar-refractivity contribution in [2.24, 2.45) is 0 Å². The number of aromatic nitrogens is 4. The molecular formula is C19H19N5O2. The molecule has 4 rings (SSSR count). The van der Waals surface area contributed by atoms with Crippen LogP contribution in [-0.2, 0) is 6.42 Å². The first-order valence-electron chi connectivity index (χ1n) is 8.48. The molecule has 1 aromatic carbocycles. The second-order valence-corrected chi connectivity index (χ2v) is 5.86. The number of furan rings is 1. The van der Waals surface area contributed by atoms with Gasteiger partial charge in [0.05, 0.1) is 13.4 Å². The largest absolute Gasteiger partial charge is 0.497 e. The second kappa shape index (κ2) is 6.87. The summed E-state index contributed by atoms with van der Waals surface area (Å²) in [4.78, 5) is 9.13. The Labute approximate surface area is 150 Å². The van der Waals surface area contributed by atoms with Crippen LogP contribution in [0.3, 0.4) is 0 Å². The van der Waals surface area contributed by atoms with Gasteiger partial charge < -0.3 is 14.5 Å². The second-order valence-electron chi connectivity index (χ2n) is 5.86. The summed E-state index contributed by atoms with van der Waals surface area (Å²) >= 11 is 0. The number of fused-ring (bicyclic) bond motifs is 1. The zero-order chi connectivity index (χ0) is 17.9. The predicted octanol–water partition coefficient (Wildman–Crippen LogP) is 4.09. The van der Waals surface area contributed by atoms with Crippen molar-refractivity contribution in [3.63, 3.8) is 0 Å². The molecule has 0 atom stereocenters. The summed E-state index contributed by atoms with van der Waals surface area (Å²) in [5, 5.41) is 7.94. The smallest absolute Gasteiger partial charge is 0.255 e. The number of anilines is 2. The molecule has 0 spiro atoms. The minimum Gasteiger partial charge on any atom is -0.497 e. The van der Waals surface area contributed by atoms with Crippen LogP contribution >= 0.6 is 0 Å². The van der Waals surface area contributed by atoms with Crippen LogP contribution in [0, 0.1) is 0 Å². The highest BCUT2D eigenvalue weighted by molar-refractivity contribution is 5.61. The summed E-state index contributed by atoms with van der Waals surface area (Å²) in [6, 6.07) is 13.4. The van der Waals surface area contributed by atoms with Crippen LogP contribution < -0.4 is 10.1 Å². The van der Waals surface area contributed by atoms with E-state index >= 15 is 0 Å². The fourth-order valence-corrected chi connectivity index (χ4v) is 2.72. The van der Waals surface area contributed by atoms with Crippen molar-refractivity contribution >= 4 is 17.3 Å². The molecule has 0 aliphatic carbocycles. The molecule has 0 bridgehead atoms. The molecule has 0 unspecified atom stereocenters. The van der Waals surface area contributed by atoms with Crippen molar-refractivity contribution in [3.8, 4) is 17.3 Å². The molecule has 0 saturated heterocycles. The number of methoxy groups -OCH3 is 1. The van der Waals surface area contributed by atoms with Crippen molar-refractivity contribution in [3.05, 3.63) is 54.4 Å².